The Morgan fingerprint density at radius 1 is 1.00 bits per heavy atom. The van der Waals surface area contributed by atoms with Crippen molar-refractivity contribution >= 4 is 0 Å². The van der Waals surface area contributed by atoms with E-state index >= 15 is 0 Å². The van der Waals surface area contributed by atoms with E-state index < -0.39 is 11.6 Å². The lowest BCUT2D eigenvalue weighted by Gasteiger charge is -2.07. The van der Waals surface area contributed by atoms with Crippen LogP contribution < -0.4 is 4.74 Å². The van der Waals surface area contributed by atoms with Crippen molar-refractivity contribution in [3.63, 3.8) is 0 Å². The van der Waals surface area contributed by atoms with Crippen LogP contribution in [0.5, 0.6) is 5.75 Å². The lowest BCUT2D eigenvalue weighted by molar-refractivity contribution is 0.370. The summed E-state index contributed by atoms with van der Waals surface area (Å²) in [5.74, 6) is -1.67. The van der Waals surface area contributed by atoms with Crippen LogP contribution in [-0.2, 0) is 6.42 Å². The molecule has 0 aliphatic heterocycles. The summed E-state index contributed by atoms with van der Waals surface area (Å²) in [7, 11) is 1.34. The average molecular weight is 242 g/mol. The van der Waals surface area contributed by atoms with E-state index in [9.17, 15) is 8.78 Å². The van der Waals surface area contributed by atoms with Gasteiger partial charge in [0.05, 0.1) is 7.11 Å². The van der Waals surface area contributed by atoms with E-state index in [1.54, 1.807) is 6.07 Å². The van der Waals surface area contributed by atoms with Crippen LogP contribution in [0.25, 0.3) is 0 Å². The molecule has 0 atom stereocenters. The molecule has 0 spiro atoms. The highest BCUT2D eigenvalue weighted by Crippen LogP contribution is 2.23. The highest BCUT2D eigenvalue weighted by atomic mass is 19.2. The zero-order chi connectivity index (χ0) is 12.7. The minimum atomic E-state index is -0.876. The first-order valence-electron chi connectivity index (χ1n) is 6.21. The zero-order valence-electron chi connectivity index (χ0n) is 10.6. The molecule has 3 heteroatoms. The third-order valence-electron chi connectivity index (χ3n) is 2.90. The first kappa shape index (κ1) is 13.9. The molecule has 0 unspecified atom stereocenters. The molecule has 0 N–H and O–H groups in total. The van der Waals surface area contributed by atoms with Gasteiger partial charge in [0.25, 0.3) is 0 Å². The van der Waals surface area contributed by atoms with Gasteiger partial charge in [-0.15, -0.1) is 0 Å². The number of hydrogen-bond donors (Lipinski definition) is 0. The molecule has 0 bridgehead atoms. The Bertz CT molecular complexity index is 350. The first-order valence-corrected chi connectivity index (χ1v) is 6.21. The van der Waals surface area contributed by atoms with E-state index in [0.717, 1.165) is 19.3 Å². The monoisotopic (exact) mass is 242 g/mol. The van der Waals surface area contributed by atoms with Crippen molar-refractivity contribution in [1.29, 1.82) is 0 Å². The Kier molecular flexibility index (Phi) is 5.95. The summed E-state index contributed by atoms with van der Waals surface area (Å²) in [6.45, 7) is 2.15. The van der Waals surface area contributed by atoms with Crippen molar-refractivity contribution in [2.75, 3.05) is 7.11 Å². The summed E-state index contributed by atoms with van der Waals surface area (Å²) in [6.07, 6.45) is 6.13. The molecule has 0 aliphatic rings. The normalized spacial score (nSPS) is 10.6. The molecule has 96 valence electrons. The fourth-order valence-electron chi connectivity index (χ4n) is 1.84. The van der Waals surface area contributed by atoms with Gasteiger partial charge in [-0.2, -0.15) is 4.39 Å². The lowest BCUT2D eigenvalue weighted by Crippen LogP contribution is -1.98. The average Bonchev–Trinajstić information content (AvgIpc) is 2.34. The van der Waals surface area contributed by atoms with Gasteiger partial charge in [-0.3, -0.25) is 0 Å². The van der Waals surface area contributed by atoms with E-state index in [1.807, 2.05) is 0 Å². The molecule has 0 aliphatic carbocycles. The van der Waals surface area contributed by atoms with Gasteiger partial charge in [-0.25, -0.2) is 4.39 Å². The molecule has 0 saturated heterocycles. The highest BCUT2D eigenvalue weighted by Gasteiger charge is 2.13. The molecule has 0 saturated carbocycles. The third-order valence-corrected chi connectivity index (χ3v) is 2.90. The van der Waals surface area contributed by atoms with E-state index in [-0.39, 0.29) is 5.75 Å². The van der Waals surface area contributed by atoms with E-state index in [1.165, 1.54) is 26.0 Å². The fourth-order valence-corrected chi connectivity index (χ4v) is 1.84. The number of halogens is 2. The van der Waals surface area contributed by atoms with Crippen molar-refractivity contribution in [2.45, 2.75) is 45.4 Å². The largest absolute Gasteiger partial charge is 0.494 e. The zero-order valence-corrected chi connectivity index (χ0v) is 10.6. The number of unbranched alkanes of at least 4 members (excludes halogenated alkanes) is 4. The number of hydrogen-bond acceptors (Lipinski definition) is 1. The Hall–Kier alpha value is -1.12. The van der Waals surface area contributed by atoms with Crippen molar-refractivity contribution in [3.05, 3.63) is 29.3 Å². The Labute approximate surface area is 102 Å². The maximum atomic E-state index is 13.6. The molecule has 1 nitrogen and oxygen atoms in total. The SMILES string of the molecule is CCCCCCCc1ccc(OC)c(F)c1F. The second kappa shape index (κ2) is 7.25. The van der Waals surface area contributed by atoms with Gasteiger partial charge in [0.2, 0.25) is 5.82 Å². The number of rotatable bonds is 7. The highest BCUT2D eigenvalue weighted by molar-refractivity contribution is 5.31. The maximum absolute atomic E-state index is 13.6. The predicted octanol–water partition coefficient (Wildman–Crippen LogP) is 4.49. The topological polar surface area (TPSA) is 9.23 Å². The van der Waals surface area contributed by atoms with Crippen LogP contribution in [0.4, 0.5) is 8.78 Å². The minimum absolute atomic E-state index is 0.0303. The second-order valence-electron chi connectivity index (χ2n) is 4.22. The van der Waals surface area contributed by atoms with Crippen LogP contribution in [0.15, 0.2) is 12.1 Å². The molecule has 1 aromatic rings. The number of methoxy groups -OCH3 is 1. The van der Waals surface area contributed by atoms with Crippen molar-refractivity contribution in [3.8, 4) is 5.75 Å². The fraction of sp³-hybridized carbons (Fsp3) is 0.571. The molecule has 0 radical (unpaired) electrons. The lowest BCUT2D eigenvalue weighted by atomic mass is 10.0. The molecular weight excluding hydrogens is 222 g/mol. The van der Waals surface area contributed by atoms with Gasteiger partial charge in [0, 0.05) is 0 Å². The summed E-state index contributed by atoms with van der Waals surface area (Å²) in [4.78, 5) is 0. The van der Waals surface area contributed by atoms with Crippen molar-refractivity contribution in [1.82, 2.24) is 0 Å². The standard InChI is InChI=1S/C14H20F2O/c1-3-4-5-6-7-8-11-9-10-12(17-2)14(16)13(11)15/h9-10H,3-8H2,1-2H3. The quantitative estimate of drug-likeness (QED) is 0.640. The van der Waals surface area contributed by atoms with E-state index in [0.29, 0.717) is 12.0 Å². The smallest absolute Gasteiger partial charge is 0.200 e. The van der Waals surface area contributed by atoms with Crippen LogP contribution in [0, 0.1) is 11.6 Å². The van der Waals surface area contributed by atoms with Crippen LogP contribution in [0.2, 0.25) is 0 Å². The Morgan fingerprint density at radius 3 is 2.35 bits per heavy atom. The van der Waals surface area contributed by atoms with Crippen LogP contribution in [-0.4, -0.2) is 7.11 Å². The number of ether oxygens (including phenoxy) is 1. The molecule has 0 amide bonds. The molecule has 0 fully saturated rings. The third kappa shape index (κ3) is 3.99. The molecule has 1 aromatic carbocycles. The van der Waals surface area contributed by atoms with Gasteiger partial charge in [0.1, 0.15) is 0 Å². The summed E-state index contributed by atoms with van der Waals surface area (Å²) in [6, 6.07) is 3.09. The maximum Gasteiger partial charge on any atom is 0.200 e. The van der Waals surface area contributed by atoms with Crippen LogP contribution >= 0.6 is 0 Å². The number of benzene rings is 1. The van der Waals surface area contributed by atoms with Gasteiger partial charge in [-0.05, 0) is 24.5 Å². The Balaban J connectivity index is 2.51. The van der Waals surface area contributed by atoms with Crippen molar-refractivity contribution in [2.24, 2.45) is 0 Å². The number of aryl methyl sites for hydroxylation is 1. The molecule has 17 heavy (non-hydrogen) atoms. The summed E-state index contributed by atoms with van der Waals surface area (Å²) in [5, 5.41) is 0. The molecular formula is C14H20F2O. The minimum Gasteiger partial charge on any atom is -0.494 e. The van der Waals surface area contributed by atoms with Gasteiger partial charge in [-0.1, -0.05) is 38.7 Å². The molecule has 0 heterocycles. The van der Waals surface area contributed by atoms with E-state index in [2.05, 4.69) is 6.92 Å². The van der Waals surface area contributed by atoms with Crippen molar-refractivity contribution < 1.29 is 13.5 Å². The van der Waals surface area contributed by atoms with Gasteiger partial charge in [0.15, 0.2) is 11.6 Å². The molecule has 1 rings (SSSR count). The predicted molar refractivity (Wildman–Crippen MR) is 65.4 cm³/mol. The summed E-state index contributed by atoms with van der Waals surface area (Å²) in [5.41, 5.74) is 0.444. The van der Waals surface area contributed by atoms with Gasteiger partial charge >= 0.3 is 0 Å². The van der Waals surface area contributed by atoms with Crippen LogP contribution in [0.1, 0.15) is 44.6 Å². The summed E-state index contributed by atoms with van der Waals surface area (Å²) >= 11 is 0. The van der Waals surface area contributed by atoms with E-state index in [4.69, 9.17) is 4.74 Å². The molecule has 0 aromatic heterocycles. The first-order chi connectivity index (χ1) is 8.20. The second-order valence-corrected chi connectivity index (χ2v) is 4.22. The van der Waals surface area contributed by atoms with Crippen LogP contribution in [0.3, 0.4) is 0 Å². The Morgan fingerprint density at radius 2 is 1.71 bits per heavy atom. The summed E-state index contributed by atoms with van der Waals surface area (Å²) < 4.78 is 31.7. The van der Waals surface area contributed by atoms with Gasteiger partial charge < -0.3 is 4.74 Å².